The van der Waals surface area contributed by atoms with Gasteiger partial charge < -0.3 is 9.84 Å². The summed E-state index contributed by atoms with van der Waals surface area (Å²) in [7, 11) is -4.04. The number of carboxylic acid groups (broad SMARTS) is 1. The van der Waals surface area contributed by atoms with Crippen LogP contribution in [0.1, 0.15) is 40.0 Å². The van der Waals surface area contributed by atoms with Gasteiger partial charge in [0.2, 0.25) is 0 Å². The molecule has 0 bridgehead atoms. The zero-order valence-corrected chi connectivity index (χ0v) is 14.5. The fourth-order valence-corrected chi connectivity index (χ4v) is 4.39. The van der Waals surface area contributed by atoms with Crippen molar-refractivity contribution >= 4 is 22.1 Å². The van der Waals surface area contributed by atoms with Crippen LogP contribution in [0.5, 0.6) is 5.75 Å². The summed E-state index contributed by atoms with van der Waals surface area (Å²) in [5.74, 6) is -3.12. The molecule has 4 rings (SSSR count). The van der Waals surface area contributed by atoms with E-state index in [0.29, 0.717) is 31.0 Å². The Kier molecular flexibility index (Phi) is 3.92. The second-order valence-corrected chi connectivity index (χ2v) is 8.63. The van der Waals surface area contributed by atoms with Crippen molar-refractivity contribution in [3.8, 4) is 5.75 Å². The number of nitrogens with zero attached hydrogens (tertiary/aromatic N) is 1. The molecule has 2 unspecified atom stereocenters. The van der Waals surface area contributed by atoms with E-state index in [9.17, 15) is 22.4 Å². The number of amides is 1. The first-order chi connectivity index (χ1) is 12.2. The fourth-order valence-electron chi connectivity index (χ4n) is 3.15. The van der Waals surface area contributed by atoms with Gasteiger partial charge >= 0.3 is 16.2 Å². The summed E-state index contributed by atoms with van der Waals surface area (Å²) < 4.78 is 47.3. The number of fused-ring (bicyclic) bond motifs is 1. The van der Waals surface area contributed by atoms with Crippen LogP contribution in [0.15, 0.2) is 12.1 Å². The van der Waals surface area contributed by atoms with Crippen LogP contribution < -0.4 is 9.46 Å². The molecule has 1 saturated heterocycles. The number of rotatable bonds is 6. The van der Waals surface area contributed by atoms with E-state index in [1.165, 1.54) is 4.31 Å². The Morgan fingerprint density at radius 1 is 1.19 bits per heavy atom. The van der Waals surface area contributed by atoms with Crippen molar-refractivity contribution in [2.45, 2.75) is 25.4 Å². The van der Waals surface area contributed by atoms with Gasteiger partial charge in [0.25, 0.3) is 5.91 Å². The predicted molar refractivity (Wildman–Crippen MR) is 86.6 cm³/mol. The zero-order chi connectivity index (χ0) is 18.6. The van der Waals surface area contributed by atoms with Gasteiger partial charge in [-0.15, -0.1) is 0 Å². The van der Waals surface area contributed by atoms with Crippen LogP contribution in [0.25, 0.3) is 0 Å². The first kappa shape index (κ1) is 17.2. The highest BCUT2D eigenvalue weighted by Gasteiger charge is 2.49. The van der Waals surface area contributed by atoms with Crippen molar-refractivity contribution in [3.05, 3.63) is 29.1 Å². The molecule has 0 spiro atoms. The van der Waals surface area contributed by atoms with E-state index in [1.54, 1.807) is 0 Å². The van der Waals surface area contributed by atoms with Gasteiger partial charge in [-0.3, -0.25) is 4.79 Å². The van der Waals surface area contributed by atoms with Crippen molar-refractivity contribution in [2.75, 3.05) is 13.1 Å². The molecule has 1 aromatic rings. The first-order valence-electron chi connectivity index (χ1n) is 8.30. The highest BCUT2D eigenvalue weighted by molar-refractivity contribution is 7.87. The van der Waals surface area contributed by atoms with Crippen LogP contribution in [0.3, 0.4) is 0 Å². The summed E-state index contributed by atoms with van der Waals surface area (Å²) in [6.07, 6.45) is 2.28. The summed E-state index contributed by atoms with van der Waals surface area (Å²) in [6.45, 7) is 0.732. The maximum atomic E-state index is 14.0. The third kappa shape index (κ3) is 3.26. The summed E-state index contributed by atoms with van der Waals surface area (Å²) in [5.41, 5.74) is -0.980. The van der Waals surface area contributed by atoms with Crippen molar-refractivity contribution in [1.29, 1.82) is 0 Å². The average molecular weight is 384 g/mol. The second kappa shape index (κ2) is 5.92. The Bertz CT molecular complexity index is 888. The smallest absolute Gasteiger partial charge is 0.338 e. The monoisotopic (exact) mass is 384 g/mol. The minimum Gasteiger partial charge on any atom is -0.490 e. The van der Waals surface area contributed by atoms with Gasteiger partial charge in [-0.25, -0.2) is 13.9 Å². The van der Waals surface area contributed by atoms with Crippen molar-refractivity contribution < 1.29 is 32.2 Å². The summed E-state index contributed by atoms with van der Waals surface area (Å²) in [4.78, 5) is 23.6. The molecule has 2 saturated carbocycles. The van der Waals surface area contributed by atoms with Crippen LogP contribution in [0, 0.1) is 17.7 Å². The SMILES string of the molecule is O=C(O)c1cc(OC2CC2)c(C(=O)NS(=O)(=O)N2CC3CC3C2)cc1F. The molecule has 3 fully saturated rings. The standard InChI is InChI=1S/C16H17FN2O6S/c17-13-4-12(14(25-10-1-2-10)5-11(13)16(21)22)15(20)18-26(23,24)19-6-8-3-9(8)7-19/h4-5,8-10H,1-3,6-7H2,(H,18,20)(H,21,22). The van der Waals surface area contributed by atoms with Crippen LogP contribution in [0.2, 0.25) is 0 Å². The molecule has 2 N–H and O–H groups in total. The lowest BCUT2D eigenvalue weighted by molar-refractivity contribution is 0.0690. The Morgan fingerprint density at radius 2 is 1.85 bits per heavy atom. The zero-order valence-electron chi connectivity index (χ0n) is 13.6. The minimum atomic E-state index is -4.04. The Labute approximate surface area is 149 Å². The highest BCUT2D eigenvalue weighted by atomic mass is 32.2. The quantitative estimate of drug-likeness (QED) is 0.756. The maximum absolute atomic E-state index is 14.0. The van der Waals surface area contributed by atoms with E-state index < -0.39 is 33.5 Å². The average Bonchev–Trinajstić information content (AvgIpc) is 3.48. The molecule has 1 aromatic carbocycles. The molecule has 140 valence electrons. The third-order valence-electron chi connectivity index (χ3n) is 4.87. The van der Waals surface area contributed by atoms with Gasteiger partial charge in [-0.1, -0.05) is 0 Å². The number of piperidine rings is 1. The van der Waals surface area contributed by atoms with Crippen molar-refractivity contribution in [3.63, 3.8) is 0 Å². The van der Waals surface area contributed by atoms with Crippen LogP contribution in [-0.4, -0.2) is 48.9 Å². The predicted octanol–water partition coefficient (Wildman–Crippen LogP) is 0.991. The Hall–Kier alpha value is -2.20. The van der Waals surface area contributed by atoms with E-state index in [1.807, 2.05) is 4.72 Å². The molecule has 10 heteroatoms. The molecular formula is C16H17FN2O6S. The Morgan fingerprint density at radius 3 is 2.42 bits per heavy atom. The minimum absolute atomic E-state index is 0.136. The number of aromatic carboxylic acids is 1. The van der Waals surface area contributed by atoms with E-state index >= 15 is 0 Å². The Balaban J connectivity index is 1.59. The van der Waals surface area contributed by atoms with E-state index in [-0.39, 0.29) is 17.4 Å². The van der Waals surface area contributed by atoms with E-state index in [2.05, 4.69) is 0 Å². The van der Waals surface area contributed by atoms with Gasteiger partial charge in [0.15, 0.2) is 0 Å². The lowest BCUT2D eigenvalue weighted by Gasteiger charge is -2.19. The number of carboxylic acids is 1. The number of nitrogens with one attached hydrogen (secondary N) is 1. The molecule has 3 aliphatic rings. The first-order valence-corrected chi connectivity index (χ1v) is 9.74. The third-order valence-corrected chi connectivity index (χ3v) is 6.29. The number of hydrogen-bond acceptors (Lipinski definition) is 5. The molecule has 1 heterocycles. The molecule has 1 aliphatic heterocycles. The number of halogens is 1. The lowest BCUT2D eigenvalue weighted by atomic mass is 10.1. The second-order valence-electron chi connectivity index (χ2n) is 6.96. The number of benzene rings is 1. The molecule has 0 aromatic heterocycles. The van der Waals surface area contributed by atoms with Crippen LogP contribution in [0.4, 0.5) is 4.39 Å². The fraction of sp³-hybridized carbons (Fsp3) is 0.500. The van der Waals surface area contributed by atoms with Crippen molar-refractivity contribution in [2.24, 2.45) is 11.8 Å². The largest absolute Gasteiger partial charge is 0.490 e. The summed E-state index contributed by atoms with van der Waals surface area (Å²) in [5, 5.41) is 9.03. The topological polar surface area (TPSA) is 113 Å². The van der Waals surface area contributed by atoms with Gasteiger partial charge in [0.1, 0.15) is 11.6 Å². The number of hydrogen-bond donors (Lipinski definition) is 2. The maximum Gasteiger partial charge on any atom is 0.338 e. The van der Waals surface area contributed by atoms with Gasteiger partial charge in [-0.05, 0) is 43.2 Å². The highest BCUT2D eigenvalue weighted by Crippen LogP contribution is 2.45. The summed E-state index contributed by atoms with van der Waals surface area (Å²) >= 11 is 0. The van der Waals surface area contributed by atoms with Crippen LogP contribution in [-0.2, 0) is 10.2 Å². The van der Waals surface area contributed by atoms with Gasteiger partial charge in [0.05, 0.1) is 17.2 Å². The molecule has 26 heavy (non-hydrogen) atoms. The lowest BCUT2D eigenvalue weighted by Crippen LogP contribution is -2.43. The molecule has 1 amide bonds. The van der Waals surface area contributed by atoms with Crippen molar-refractivity contribution in [1.82, 2.24) is 9.03 Å². The molecule has 2 atom stereocenters. The molecule has 8 nitrogen and oxygen atoms in total. The van der Waals surface area contributed by atoms with E-state index in [4.69, 9.17) is 9.84 Å². The number of carbonyl (C=O) groups is 2. The van der Waals surface area contributed by atoms with Gasteiger partial charge in [0, 0.05) is 13.1 Å². The number of ether oxygens (including phenoxy) is 1. The van der Waals surface area contributed by atoms with Crippen LogP contribution >= 0.6 is 0 Å². The molecule has 2 aliphatic carbocycles. The van der Waals surface area contributed by atoms with E-state index in [0.717, 1.165) is 25.3 Å². The van der Waals surface area contributed by atoms with Gasteiger partial charge in [-0.2, -0.15) is 12.7 Å². The molecular weight excluding hydrogens is 367 g/mol. The number of carbonyl (C=O) groups excluding carboxylic acids is 1. The normalized spacial score (nSPS) is 24.8. The summed E-state index contributed by atoms with van der Waals surface area (Å²) in [6, 6.07) is 1.62. The molecule has 0 radical (unpaired) electrons.